The Morgan fingerprint density at radius 3 is 2.63 bits per heavy atom. The van der Waals surface area contributed by atoms with Crippen molar-refractivity contribution >= 4 is 75.2 Å². The van der Waals surface area contributed by atoms with Gasteiger partial charge in [0, 0.05) is 11.3 Å². The first-order valence-corrected chi connectivity index (χ1v) is 10.8. The zero-order valence-electron chi connectivity index (χ0n) is 15.9. The lowest BCUT2D eigenvalue weighted by Gasteiger charge is -2.16. The van der Waals surface area contributed by atoms with E-state index in [0.717, 1.165) is 22.3 Å². The summed E-state index contributed by atoms with van der Waals surface area (Å²) in [6.07, 6.45) is 1.68. The molecule has 0 saturated carbocycles. The van der Waals surface area contributed by atoms with Crippen molar-refractivity contribution in [1.29, 1.82) is 0 Å². The van der Waals surface area contributed by atoms with Gasteiger partial charge in [0.25, 0.3) is 5.91 Å². The van der Waals surface area contributed by atoms with Crippen LogP contribution >= 0.6 is 47.2 Å². The van der Waals surface area contributed by atoms with Crippen LogP contribution in [-0.4, -0.2) is 27.4 Å². The van der Waals surface area contributed by atoms with Crippen molar-refractivity contribution < 1.29 is 14.3 Å². The van der Waals surface area contributed by atoms with Crippen molar-refractivity contribution in [1.82, 2.24) is 10.4 Å². The number of hydrogen-bond donors (Lipinski definition) is 2. The van der Waals surface area contributed by atoms with Crippen LogP contribution in [-0.2, 0) is 4.79 Å². The smallest absolute Gasteiger partial charge is 0.338 e. The molecule has 156 valence electrons. The number of nitrogens with one attached hydrogen (secondary N) is 2. The van der Waals surface area contributed by atoms with Crippen LogP contribution in [0.25, 0.3) is 6.08 Å². The van der Waals surface area contributed by atoms with Crippen LogP contribution in [0, 0.1) is 0 Å². The maximum atomic E-state index is 12.8. The summed E-state index contributed by atoms with van der Waals surface area (Å²) in [5, 5.41) is 4.26. The van der Waals surface area contributed by atoms with Crippen molar-refractivity contribution in [3.8, 4) is 5.75 Å². The molecule has 0 bridgehead atoms. The SMILES string of the molecule is CC(C)Oc1ccccc1/C=C1\SC(=S)N(NC(=O)Nc2ccc(Cl)c(Cl)c2)C1=O. The second kappa shape index (κ2) is 9.70. The highest BCUT2D eigenvalue weighted by Gasteiger charge is 2.34. The standard InChI is InChI=1S/C20H17Cl2N3O3S2/c1-11(2)28-16-6-4-3-5-12(16)9-17-18(26)25(20(29)30-17)24-19(27)23-13-7-8-14(21)15(22)10-13/h3-11H,1-2H3,(H2,23,24,27)/b17-9-. The van der Waals surface area contributed by atoms with Gasteiger partial charge in [-0.15, -0.1) is 0 Å². The first kappa shape index (κ1) is 22.4. The summed E-state index contributed by atoms with van der Waals surface area (Å²) in [6, 6.07) is 11.4. The summed E-state index contributed by atoms with van der Waals surface area (Å²) in [7, 11) is 0. The fourth-order valence-electron chi connectivity index (χ4n) is 2.50. The molecule has 0 atom stereocenters. The average Bonchev–Trinajstić information content (AvgIpc) is 2.93. The van der Waals surface area contributed by atoms with Crippen LogP contribution in [0.15, 0.2) is 47.4 Å². The third-order valence-electron chi connectivity index (χ3n) is 3.75. The molecule has 2 aromatic carbocycles. The lowest BCUT2D eigenvalue weighted by Crippen LogP contribution is -2.46. The Hall–Kier alpha value is -2.26. The number of thioether (sulfide) groups is 1. The zero-order chi connectivity index (χ0) is 21.8. The summed E-state index contributed by atoms with van der Waals surface area (Å²) in [5.41, 5.74) is 3.61. The van der Waals surface area contributed by atoms with Gasteiger partial charge in [-0.05, 0) is 56.4 Å². The number of rotatable bonds is 5. The summed E-state index contributed by atoms with van der Waals surface area (Å²) < 4.78 is 5.99. The van der Waals surface area contributed by atoms with E-state index < -0.39 is 11.9 Å². The number of benzene rings is 2. The van der Waals surface area contributed by atoms with Crippen molar-refractivity contribution in [3.63, 3.8) is 0 Å². The Kier molecular flexibility index (Phi) is 7.25. The maximum absolute atomic E-state index is 12.8. The Bertz CT molecular complexity index is 1040. The fraction of sp³-hybridized carbons (Fsp3) is 0.150. The molecule has 6 nitrogen and oxygen atoms in total. The average molecular weight is 482 g/mol. The van der Waals surface area contributed by atoms with Crippen LogP contribution in [0.4, 0.5) is 10.5 Å². The minimum absolute atomic E-state index is 0.0132. The highest BCUT2D eigenvalue weighted by molar-refractivity contribution is 8.26. The molecule has 1 saturated heterocycles. The fourth-order valence-corrected chi connectivity index (χ4v) is 3.97. The van der Waals surface area contributed by atoms with Gasteiger partial charge in [0.05, 0.1) is 21.1 Å². The largest absolute Gasteiger partial charge is 0.490 e. The molecule has 0 spiro atoms. The van der Waals surface area contributed by atoms with Gasteiger partial charge >= 0.3 is 6.03 Å². The van der Waals surface area contributed by atoms with E-state index in [1.807, 2.05) is 38.1 Å². The molecule has 1 heterocycles. The first-order chi connectivity index (χ1) is 14.2. The summed E-state index contributed by atoms with van der Waals surface area (Å²) in [4.78, 5) is 25.4. The van der Waals surface area contributed by atoms with E-state index >= 15 is 0 Å². The molecule has 30 heavy (non-hydrogen) atoms. The van der Waals surface area contributed by atoms with E-state index in [1.165, 1.54) is 6.07 Å². The number of halogens is 2. The molecule has 10 heteroatoms. The molecule has 0 aliphatic carbocycles. The topological polar surface area (TPSA) is 70.7 Å². The van der Waals surface area contributed by atoms with E-state index in [0.29, 0.717) is 26.4 Å². The molecular weight excluding hydrogens is 465 g/mol. The number of carbonyl (C=O) groups is 2. The predicted octanol–water partition coefficient (Wildman–Crippen LogP) is 5.72. The molecule has 1 fully saturated rings. The third-order valence-corrected chi connectivity index (χ3v) is 5.79. The number of anilines is 1. The molecule has 1 aliphatic rings. The molecule has 2 N–H and O–H groups in total. The number of hydrazine groups is 1. The molecular formula is C20H17Cl2N3O3S2. The Morgan fingerprint density at radius 1 is 1.20 bits per heavy atom. The van der Waals surface area contributed by atoms with Crippen molar-refractivity contribution in [2.24, 2.45) is 0 Å². The van der Waals surface area contributed by atoms with Crippen LogP contribution in [0.5, 0.6) is 5.75 Å². The quantitative estimate of drug-likeness (QED) is 0.422. The van der Waals surface area contributed by atoms with Crippen LogP contribution in [0.2, 0.25) is 10.0 Å². The highest BCUT2D eigenvalue weighted by atomic mass is 35.5. The number of para-hydroxylation sites is 1. The van der Waals surface area contributed by atoms with Gasteiger partial charge in [-0.1, -0.05) is 53.2 Å². The van der Waals surface area contributed by atoms with Crippen LogP contribution in [0.1, 0.15) is 19.4 Å². The number of hydrogen-bond acceptors (Lipinski definition) is 5. The van der Waals surface area contributed by atoms with Gasteiger partial charge in [-0.3, -0.25) is 4.79 Å². The van der Waals surface area contributed by atoms with Gasteiger partial charge in [0.2, 0.25) is 0 Å². The van der Waals surface area contributed by atoms with E-state index in [-0.39, 0.29) is 10.4 Å². The Labute approximate surface area is 193 Å². The molecule has 3 amide bonds. The number of thiocarbonyl (C=S) groups is 1. The molecule has 0 radical (unpaired) electrons. The van der Waals surface area contributed by atoms with Gasteiger partial charge in [-0.25, -0.2) is 10.2 Å². The second-order valence-corrected chi connectivity index (χ2v) is 8.91. The monoisotopic (exact) mass is 481 g/mol. The summed E-state index contributed by atoms with van der Waals surface area (Å²) >= 11 is 18.1. The van der Waals surface area contributed by atoms with E-state index in [4.69, 9.17) is 40.2 Å². The van der Waals surface area contributed by atoms with E-state index in [9.17, 15) is 9.59 Å². The lowest BCUT2D eigenvalue weighted by atomic mass is 10.2. The summed E-state index contributed by atoms with van der Waals surface area (Å²) in [6.45, 7) is 3.85. The van der Waals surface area contributed by atoms with Crippen molar-refractivity contribution in [2.75, 3.05) is 5.32 Å². The highest BCUT2D eigenvalue weighted by Crippen LogP contribution is 2.33. The minimum Gasteiger partial charge on any atom is -0.490 e. The Morgan fingerprint density at radius 2 is 1.93 bits per heavy atom. The van der Waals surface area contributed by atoms with E-state index in [1.54, 1.807) is 18.2 Å². The normalized spacial score (nSPS) is 15.1. The summed E-state index contributed by atoms with van der Waals surface area (Å²) in [5.74, 6) is 0.219. The van der Waals surface area contributed by atoms with Crippen molar-refractivity contribution in [3.05, 3.63) is 63.0 Å². The van der Waals surface area contributed by atoms with Crippen LogP contribution in [0.3, 0.4) is 0 Å². The Balaban J connectivity index is 1.72. The van der Waals surface area contributed by atoms with Gasteiger partial charge in [-0.2, -0.15) is 5.01 Å². The number of carbonyl (C=O) groups excluding carboxylic acids is 2. The molecule has 1 aliphatic heterocycles. The number of ether oxygens (including phenoxy) is 1. The molecule has 2 aromatic rings. The van der Waals surface area contributed by atoms with Crippen molar-refractivity contribution in [2.45, 2.75) is 20.0 Å². The van der Waals surface area contributed by atoms with Crippen LogP contribution < -0.4 is 15.5 Å². The lowest BCUT2D eigenvalue weighted by molar-refractivity contribution is -0.123. The van der Waals surface area contributed by atoms with Gasteiger partial charge in [0.1, 0.15) is 5.75 Å². The van der Waals surface area contributed by atoms with Gasteiger partial charge < -0.3 is 10.1 Å². The number of nitrogens with zero attached hydrogens (tertiary/aromatic N) is 1. The number of urea groups is 1. The number of amides is 3. The molecule has 0 unspecified atom stereocenters. The minimum atomic E-state index is -0.644. The predicted molar refractivity (Wildman–Crippen MR) is 126 cm³/mol. The van der Waals surface area contributed by atoms with Gasteiger partial charge in [0.15, 0.2) is 4.32 Å². The van der Waals surface area contributed by atoms with E-state index in [2.05, 4.69) is 10.7 Å². The maximum Gasteiger partial charge on any atom is 0.338 e. The molecule has 0 aromatic heterocycles. The third kappa shape index (κ3) is 5.46. The zero-order valence-corrected chi connectivity index (χ0v) is 19.1. The second-order valence-electron chi connectivity index (χ2n) is 6.42. The first-order valence-electron chi connectivity index (χ1n) is 8.81. The molecule has 3 rings (SSSR count).